The fourth-order valence-electron chi connectivity index (χ4n) is 2.48. The first-order valence-electron chi connectivity index (χ1n) is 8.90. The average Bonchev–Trinajstić information content (AvgIpc) is 2.62. The zero-order chi connectivity index (χ0) is 17.0. The number of aromatic hydroxyl groups is 1. The Hall–Kier alpha value is -2.17. The summed E-state index contributed by atoms with van der Waals surface area (Å²) in [6, 6.07) is 3.71. The quantitative estimate of drug-likeness (QED) is 0.602. The third kappa shape index (κ3) is 6.52. The Morgan fingerprint density at radius 2 is 1.50 bits per heavy atom. The molecule has 0 unspecified atom stereocenters. The zero-order valence-corrected chi connectivity index (χ0v) is 14.4. The first-order chi connectivity index (χ1) is 11.8. The summed E-state index contributed by atoms with van der Waals surface area (Å²) in [5, 5.41) is 9.19. The van der Waals surface area contributed by atoms with Crippen molar-refractivity contribution in [3.63, 3.8) is 0 Å². The second-order valence-corrected chi connectivity index (χ2v) is 5.97. The van der Waals surface area contributed by atoms with Crippen molar-refractivity contribution in [1.29, 1.82) is 0 Å². The van der Waals surface area contributed by atoms with Crippen LogP contribution in [0.5, 0.6) is 11.5 Å². The van der Waals surface area contributed by atoms with Crippen LogP contribution in [0.4, 0.5) is 0 Å². The number of aromatic nitrogens is 3. The van der Waals surface area contributed by atoms with Crippen LogP contribution in [-0.2, 0) is 0 Å². The summed E-state index contributed by atoms with van der Waals surface area (Å²) in [6.45, 7) is 2.97. The molecule has 0 fully saturated rings. The van der Waals surface area contributed by atoms with Crippen LogP contribution in [0.25, 0.3) is 11.5 Å². The molecule has 2 aromatic heterocycles. The highest BCUT2D eigenvalue weighted by atomic mass is 16.5. The van der Waals surface area contributed by atoms with Crippen LogP contribution in [0.1, 0.15) is 58.3 Å². The summed E-state index contributed by atoms with van der Waals surface area (Å²) in [7, 11) is 0. The maximum Gasteiger partial charge on any atom is 0.178 e. The van der Waals surface area contributed by atoms with Gasteiger partial charge in [0.2, 0.25) is 0 Å². The number of pyridine rings is 1. The van der Waals surface area contributed by atoms with Crippen molar-refractivity contribution in [2.75, 3.05) is 6.61 Å². The minimum Gasteiger partial charge on any atom is -0.505 e. The van der Waals surface area contributed by atoms with E-state index in [1.807, 2.05) is 12.1 Å². The molecule has 1 N–H and O–H groups in total. The molecule has 24 heavy (non-hydrogen) atoms. The molecule has 5 heteroatoms. The number of unbranched alkanes of at least 4 members (excludes halogenated alkanes) is 7. The first-order valence-corrected chi connectivity index (χ1v) is 8.90. The Morgan fingerprint density at radius 3 is 2.12 bits per heavy atom. The van der Waals surface area contributed by atoms with E-state index in [1.54, 1.807) is 6.20 Å². The maximum absolute atomic E-state index is 9.19. The highest BCUT2D eigenvalue weighted by Gasteiger charge is 2.03. The van der Waals surface area contributed by atoms with Gasteiger partial charge in [-0.3, -0.25) is 0 Å². The van der Waals surface area contributed by atoms with Gasteiger partial charge < -0.3 is 9.84 Å². The van der Waals surface area contributed by atoms with Crippen molar-refractivity contribution in [1.82, 2.24) is 15.0 Å². The predicted molar refractivity (Wildman–Crippen MR) is 95.0 cm³/mol. The second kappa shape index (κ2) is 10.6. The molecule has 0 saturated heterocycles. The van der Waals surface area contributed by atoms with E-state index in [-0.39, 0.29) is 5.75 Å². The number of hydrogen-bond donors (Lipinski definition) is 1. The highest BCUT2D eigenvalue weighted by Crippen LogP contribution is 2.17. The number of hydrogen-bond acceptors (Lipinski definition) is 5. The molecule has 0 bridgehead atoms. The molecule has 0 saturated carbocycles. The molecule has 0 spiro atoms. The van der Waals surface area contributed by atoms with Gasteiger partial charge in [-0.1, -0.05) is 51.9 Å². The predicted octanol–water partition coefficient (Wildman–Crippen LogP) is 4.76. The lowest BCUT2D eigenvalue weighted by Gasteiger charge is -2.06. The van der Waals surface area contributed by atoms with Gasteiger partial charge in [0.15, 0.2) is 11.6 Å². The van der Waals surface area contributed by atoms with Crippen LogP contribution in [0.3, 0.4) is 0 Å². The van der Waals surface area contributed by atoms with Crippen molar-refractivity contribution < 1.29 is 9.84 Å². The van der Waals surface area contributed by atoms with E-state index >= 15 is 0 Å². The van der Waals surface area contributed by atoms with E-state index in [4.69, 9.17) is 4.74 Å². The van der Waals surface area contributed by atoms with Gasteiger partial charge >= 0.3 is 0 Å². The summed E-state index contributed by atoms with van der Waals surface area (Å²) in [5.74, 6) is 1.30. The molecule has 2 rings (SSSR count). The van der Waals surface area contributed by atoms with Gasteiger partial charge in [0, 0.05) is 0 Å². The Morgan fingerprint density at radius 1 is 0.833 bits per heavy atom. The van der Waals surface area contributed by atoms with Gasteiger partial charge in [0.05, 0.1) is 25.2 Å². The fourth-order valence-corrected chi connectivity index (χ4v) is 2.48. The third-order valence-electron chi connectivity index (χ3n) is 3.87. The highest BCUT2D eigenvalue weighted by molar-refractivity contribution is 5.49. The topological polar surface area (TPSA) is 68.1 Å². The molecule has 130 valence electrons. The average molecular weight is 329 g/mol. The standard InChI is InChI=1S/C19H27N3O2/c1-2-3-4-5-6-7-8-9-12-24-17-10-11-18(20-15-17)19-21-13-16(23)14-22-19/h10-11,13-15,23H,2-9,12H2,1H3. The number of ether oxygens (including phenoxy) is 1. The molecule has 0 amide bonds. The Labute approximate surface area is 144 Å². The van der Waals surface area contributed by atoms with Crippen LogP contribution < -0.4 is 4.74 Å². The maximum atomic E-state index is 9.19. The lowest BCUT2D eigenvalue weighted by Crippen LogP contribution is -1.98. The van der Waals surface area contributed by atoms with Crippen molar-refractivity contribution >= 4 is 0 Å². The summed E-state index contributed by atoms with van der Waals surface area (Å²) in [5.41, 5.74) is 0.662. The van der Waals surface area contributed by atoms with Crippen molar-refractivity contribution in [3.05, 3.63) is 30.7 Å². The van der Waals surface area contributed by atoms with E-state index in [0.29, 0.717) is 11.5 Å². The molecular weight excluding hydrogens is 302 g/mol. The summed E-state index contributed by atoms with van der Waals surface area (Å²) < 4.78 is 5.72. The molecule has 0 aliphatic carbocycles. The molecule has 5 nitrogen and oxygen atoms in total. The van der Waals surface area contributed by atoms with Crippen molar-refractivity contribution in [2.24, 2.45) is 0 Å². The third-order valence-corrected chi connectivity index (χ3v) is 3.87. The molecule has 2 aromatic rings. The first kappa shape index (κ1) is 18.2. The van der Waals surface area contributed by atoms with E-state index in [1.165, 1.54) is 57.3 Å². The summed E-state index contributed by atoms with van der Waals surface area (Å²) >= 11 is 0. The molecular formula is C19H27N3O2. The van der Waals surface area contributed by atoms with E-state index in [0.717, 1.165) is 18.8 Å². The summed E-state index contributed by atoms with van der Waals surface area (Å²) in [4.78, 5) is 12.4. The smallest absolute Gasteiger partial charge is 0.178 e. The molecule has 0 aliphatic rings. The van der Waals surface area contributed by atoms with Crippen LogP contribution in [0.15, 0.2) is 30.7 Å². The Bertz CT molecular complexity index is 570. The minimum absolute atomic E-state index is 0.0454. The lowest BCUT2D eigenvalue weighted by atomic mass is 10.1. The normalized spacial score (nSPS) is 10.7. The monoisotopic (exact) mass is 329 g/mol. The Kier molecular flexibility index (Phi) is 8.01. The molecule has 0 radical (unpaired) electrons. The van der Waals surface area contributed by atoms with Crippen molar-refractivity contribution in [3.8, 4) is 23.0 Å². The molecule has 0 aliphatic heterocycles. The van der Waals surface area contributed by atoms with Gasteiger partial charge in [0.25, 0.3) is 0 Å². The van der Waals surface area contributed by atoms with E-state index in [9.17, 15) is 5.11 Å². The van der Waals surface area contributed by atoms with E-state index in [2.05, 4.69) is 21.9 Å². The lowest BCUT2D eigenvalue weighted by molar-refractivity contribution is 0.303. The van der Waals surface area contributed by atoms with Gasteiger partial charge in [-0.05, 0) is 18.6 Å². The number of nitrogens with zero attached hydrogens (tertiary/aromatic N) is 3. The Balaban J connectivity index is 1.63. The minimum atomic E-state index is 0.0454. The van der Waals surface area contributed by atoms with Gasteiger partial charge in [-0.25, -0.2) is 15.0 Å². The van der Waals surface area contributed by atoms with Gasteiger partial charge in [0.1, 0.15) is 11.4 Å². The van der Waals surface area contributed by atoms with Crippen LogP contribution in [0.2, 0.25) is 0 Å². The van der Waals surface area contributed by atoms with Crippen LogP contribution in [-0.4, -0.2) is 26.7 Å². The molecule has 0 aromatic carbocycles. The number of rotatable bonds is 11. The van der Waals surface area contributed by atoms with Gasteiger partial charge in [-0.2, -0.15) is 0 Å². The zero-order valence-electron chi connectivity index (χ0n) is 14.4. The van der Waals surface area contributed by atoms with Gasteiger partial charge in [-0.15, -0.1) is 0 Å². The largest absolute Gasteiger partial charge is 0.505 e. The molecule has 2 heterocycles. The fraction of sp³-hybridized carbons (Fsp3) is 0.526. The summed E-state index contributed by atoms with van der Waals surface area (Å²) in [6.07, 6.45) is 14.7. The van der Waals surface area contributed by atoms with Crippen LogP contribution >= 0.6 is 0 Å². The van der Waals surface area contributed by atoms with Crippen LogP contribution in [0, 0.1) is 0 Å². The SMILES string of the molecule is CCCCCCCCCCOc1ccc(-c2ncc(O)cn2)nc1. The van der Waals surface area contributed by atoms with Crippen molar-refractivity contribution in [2.45, 2.75) is 58.3 Å². The molecule has 0 atom stereocenters. The second-order valence-electron chi connectivity index (χ2n) is 5.97. The van der Waals surface area contributed by atoms with E-state index < -0.39 is 0 Å².